The summed E-state index contributed by atoms with van der Waals surface area (Å²) in [7, 11) is 3.86. The van der Waals surface area contributed by atoms with Crippen LogP contribution in [0.25, 0.3) is 0 Å². The summed E-state index contributed by atoms with van der Waals surface area (Å²) in [5.41, 5.74) is 1.17. The van der Waals surface area contributed by atoms with E-state index in [0.717, 1.165) is 19.6 Å². The van der Waals surface area contributed by atoms with Gasteiger partial charge in [0.25, 0.3) is 0 Å². The second kappa shape index (κ2) is 6.08. The van der Waals surface area contributed by atoms with Crippen LogP contribution >= 0.6 is 0 Å². The first-order chi connectivity index (χ1) is 10.6. The van der Waals surface area contributed by atoms with E-state index in [-0.39, 0.29) is 23.8 Å². The number of hydrogen-bond acceptors (Lipinski definition) is 3. The summed E-state index contributed by atoms with van der Waals surface area (Å²) in [5, 5.41) is 0. The molecule has 2 aliphatic heterocycles. The molecule has 1 aromatic carbocycles. The number of likely N-dealkylation sites (tertiary alicyclic amines) is 1. The molecule has 0 unspecified atom stereocenters. The average Bonchev–Trinajstić information content (AvgIpc) is 2.87. The number of amides is 2. The Bertz CT molecular complexity index is 560. The van der Waals surface area contributed by atoms with E-state index in [0.29, 0.717) is 13.0 Å². The lowest BCUT2D eigenvalue weighted by Gasteiger charge is -2.41. The van der Waals surface area contributed by atoms with Crippen molar-refractivity contribution in [1.82, 2.24) is 14.7 Å². The molecule has 1 aromatic rings. The van der Waals surface area contributed by atoms with Crippen LogP contribution in [0, 0.1) is 5.92 Å². The highest BCUT2D eigenvalue weighted by Crippen LogP contribution is 2.28. The molecule has 0 N–H and O–H groups in total. The number of carbonyl (C=O) groups is 2. The van der Waals surface area contributed by atoms with E-state index in [2.05, 4.69) is 24.1 Å². The van der Waals surface area contributed by atoms with Crippen LogP contribution in [0.1, 0.15) is 18.0 Å². The number of benzene rings is 1. The van der Waals surface area contributed by atoms with Gasteiger partial charge in [0.2, 0.25) is 11.8 Å². The topological polar surface area (TPSA) is 43.9 Å². The Morgan fingerprint density at radius 3 is 2.45 bits per heavy atom. The standard InChI is InChI=1S/C17H23N3O2/c1-18-8-9-20(15(12-18)13-6-4-3-5-7-13)17(22)14-10-16(21)19(2)11-14/h3-7,14-15H,8-12H2,1-2H3/t14-,15-/m1/s1. The molecule has 2 amide bonds. The molecule has 2 heterocycles. The third-order valence-electron chi connectivity index (χ3n) is 4.74. The molecule has 2 aliphatic rings. The second-order valence-electron chi connectivity index (χ2n) is 6.40. The Morgan fingerprint density at radius 1 is 1.09 bits per heavy atom. The summed E-state index contributed by atoms with van der Waals surface area (Å²) in [5.74, 6) is 0.00973. The number of piperazine rings is 1. The van der Waals surface area contributed by atoms with Crippen molar-refractivity contribution in [3.05, 3.63) is 35.9 Å². The van der Waals surface area contributed by atoms with Gasteiger partial charge in [-0.2, -0.15) is 0 Å². The largest absolute Gasteiger partial charge is 0.345 e. The number of likely N-dealkylation sites (N-methyl/N-ethyl adjacent to an activating group) is 1. The molecule has 2 fully saturated rings. The smallest absolute Gasteiger partial charge is 0.228 e. The predicted octanol–water partition coefficient (Wildman–Crippen LogP) is 0.980. The van der Waals surface area contributed by atoms with Gasteiger partial charge in [0.05, 0.1) is 12.0 Å². The fourth-order valence-corrected chi connectivity index (χ4v) is 3.41. The average molecular weight is 301 g/mol. The minimum absolute atomic E-state index is 0.0729. The molecule has 0 spiro atoms. The molecule has 0 aromatic heterocycles. The van der Waals surface area contributed by atoms with Crippen molar-refractivity contribution >= 4 is 11.8 Å². The highest BCUT2D eigenvalue weighted by atomic mass is 16.2. The molecule has 5 heteroatoms. The summed E-state index contributed by atoms with van der Waals surface area (Å²) in [6.45, 7) is 2.99. The van der Waals surface area contributed by atoms with Gasteiger partial charge in [0.1, 0.15) is 0 Å². The molecular formula is C17H23N3O2. The summed E-state index contributed by atoms with van der Waals surface area (Å²) in [4.78, 5) is 30.5. The maximum atomic E-state index is 12.9. The fraction of sp³-hybridized carbons (Fsp3) is 0.529. The lowest BCUT2D eigenvalue weighted by Crippen LogP contribution is -2.51. The maximum absolute atomic E-state index is 12.9. The molecule has 0 bridgehead atoms. The van der Waals surface area contributed by atoms with Crippen molar-refractivity contribution in [1.29, 1.82) is 0 Å². The van der Waals surface area contributed by atoms with Crippen LogP contribution in [-0.4, -0.2) is 66.8 Å². The summed E-state index contributed by atoms with van der Waals surface area (Å²) in [6.07, 6.45) is 0.350. The SMILES string of the molecule is CN1CCN(C(=O)[C@@H]2CC(=O)N(C)C2)[C@@H](c2ccccc2)C1. The van der Waals surface area contributed by atoms with Gasteiger partial charge in [0, 0.05) is 39.6 Å². The first-order valence-electron chi connectivity index (χ1n) is 7.84. The normalized spacial score (nSPS) is 26.5. The van der Waals surface area contributed by atoms with Crippen molar-refractivity contribution < 1.29 is 9.59 Å². The Morgan fingerprint density at radius 2 is 1.82 bits per heavy atom. The van der Waals surface area contributed by atoms with Crippen molar-refractivity contribution in [3.8, 4) is 0 Å². The number of hydrogen-bond donors (Lipinski definition) is 0. The van der Waals surface area contributed by atoms with E-state index in [9.17, 15) is 9.59 Å². The lowest BCUT2D eigenvalue weighted by atomic mass is 9.99. The summed E-state index contributed by atoms with van der Waals surface area (Å²) in [6, 6.07) is 10.3. The Kier molecular flexibility index (Phi) is 4.16. The monoisotopic (exact) mass is 301 g/mol. The summed E-state index contributed by atoms with van der Waals surface area (Å²) < 4.78 is 0. The zero-order chi connectivity index (χ0) is 15.7. The van der Waals surface area contributed by atoms with Gasteiger partial charge in [-0.1, -0.05) is 30.3 Å². The van der Waals surface area contributed by atoms with Gasteiger partial charge in [-0.15, -0.1) is 0 Å². The third-order valence-corrected chi connectivity index (χ3v) is 4.74. The van der Waals surface area contributed by atoms with Crippen LogP contribution in [0.15, 0.2) is 30.3 Å². The van der Waals surface area contributed by atoms with Crippen LogP contribution < -0.4 is 0 Å². The zero-order valence-corrected chi connectivity index (χ0v) is 13.2. The molecule has 22 heavy (non-hydrogen) atoms. The molecule has 118 valence electrons. The van der Waals surface area contributed by atoms with Gasteiger partial charge in [-0.3, -0.25) is 9.59 Å². The van der Waals surface area contributed by atoms with Crippen LogP contribution in [0.3, 0.4) is 0 Å². The molecule has 2 atom stereocenters. The number of rotatable bonds is 2. The number of carbonyl (C=O) groups excluding carboxylic acids is 2. The first-order valence-corrected chi connectivity index (χ1v) is 7.84. The highest BCUT2D eigenvalue weighted by Gasteiger charge is 2.38. The first kappa shape index (κ1) is 15.0. The highest BCUT2D eigenvalue weighted by molar-refractivity contribution is 5.89. The van der Waals surface area contributed by atoms with E-state index in [1.54, 1.807) is 11.9 Å². The minimum Gasteiger partial charge on any atom is -0.345 e. The van der Waals surface area contributed by atoms with Crippen molar-refractivity contribution in [3.63, 3.8) is 0 Å². The van der Waals surface area contributed by atoms with E-state index < -0.39 is 0 Å². The third kappa shape index (κ3) is 2.86. The predicted molar refractivity (Wildman–Crippen MR) is 84.1 cm³/mol. The van der Waals surface area contributed by atoms with Crippen molar-refractivity contribution in [2.45, 2.75) is 12.5 Å². The Labute approximate surface area is 131 Å². The van der Waals surface area contributed by atoms with E-state index >= 15 is 0 Å². The Balaban J connectivity index is 1.81. The second-order valence-corrected chi connectivity index (χ2v) is 6.40. The molecule has 0 radical (unpaired) electrons. The summed E-state index contributed by atoms with van der Waals surface area (Å²) >= 11 is 0. The van der Waals surface area contributed by atoms with Crippen molar-refractivity contribution in [2.24, 2.45) is 5.92 Å². The van der Waals surface area contributed by atoms with Crippen molar-refractivity contribution in [2.75, 3.05) is 40.3 Å². The van der Waals surface area contributed by atoms with Gasteiger partial charge < -0.3 is 14.7 Å². The van der Waals surface area contributed by atoms with Gasteiger partial charge in [-0.05, 0) is 12.6 Å². The molecule has 5 nitrogen and oxygen atoms in total. The quantitative estimate of drug-likeness (QED) is 0.818. The van der Waals surface area contributed by atoms with Gasteiger partial charge >= 0.3 is 0 Å². The molecule has 3 rings (SSSR count). The molecule has 0 aliphatic carbocycles. The zero-order valence-electron chi connectivity index (χ0n) is 13.2. The van der Waals surface area contributed by atoms with E-state index in [1.165, 1.54) is 5.56 Å². The Hall–Kier alpha value is -1.88. The van der Waals surface area contributed by atoms with E-state index in [4.69, 9.17) is 0 Å². The molecule has 0 saturated carbocycles. The van der Waals surface area contributed by atoms with Gasteiger partial charge in [-0.25, -0.2) is 0 Å². The maximum Gasteiger partial charge on any atom is 0.228 e. The number of nitrogens with zero attached hydrogens (tertiary/aromatic N) is 3. The van der Waals surface area contributed by atoms with Crippen LogP contribution in [-0.2, 0) is 9.59 Å². The van der Waals surface area contributed by atoms with Gasteiger partial charge in [0.15, 0.2) is 0 Å². The molecular weight excluding hydrogens is 278 g/mol. The molecule has 2 saturated heterocycles. The minimum atomic E-state index is -0.188. The fourth-order valence-electron chi connectivity index (χ4n) is 3.41. The lowest BCUT2D eigenvalue weighted by molar-refractivity contribution is -0.140. The van der Waals surface area contributed by atoms with Crippen LogP contribution in [0.4, 0.5) is 0 Å². The van der Waals surface area contributed by atoms with Crippen LogP contribution in [0.5, 0.6) is 0 Å². The van der Waals surface area contributed by atoms with E-state index in [1.807, 2.05) is 23.1 Å². The van der Waals surface area contributed by atoms with Crippen LogP contribution in [0.2, 0.25) is 0 Å².